The fraction of sp³-hybridized carbons (Fsp3) is 0.154. The van der Waals surface area contributed by atoms with E-state index in [1.807, 2.05) is 24.3 Å². The number of nitrogens with zero attached hydrogens (tertiary/aromatic N) is 1. The number of pyridine rings is 1. The molecular weight excluding hydrogens is 316 g/mol. The third kappa shape index (κ3) is 2.83. The first kappa shape index (κ1) is 13.3. The van der Waals surface area contributed by atoms with E-state index in [0.29, 0.717) is 10.8 Å². The quantitative estimate of drug-likeness (QED) is 0.938. The summed E-state index contributed by atoms with van der Waals surface area (Å²) in [7, 11) is 1.60. The summed E-state index contributed by atoms with van der Waals surface area (Å²) >= 11 is 9.57. The minimum Gasteiger partial charge on any atom is -0.495 e. The molecule has 1 aromatic heterocycles. The first-order valence-corrected chi connectivity index (χ1v) is 6.48. The molecule has 18 heavy (non-hydrogen) atoms. The van der Waals surface area contributed by atoms with Gasteiger partial charge < -0.3 is 10.5 Å². The SMILES string of the molecule is COc1cncc(C(N)c2cc(Br)ccc2Cl)c1. The van der Waals surface area contributed by atoms with Gasteiger partial charge in [-0.15, -0.1) is 0 Å². The highest BCUT2D eigenvalue weighted by molar-refractivity contribution is 9.10. The Morgan fingerprint density at radius 2 is 2.11 bits per heavy atom. The van der Waals surface area contributed by atoms with Crippen LogP contribution < -0.4 is 10.5 Å². The van der Waals surface area contributed by atoms with Crippen LogP contribution >= 0.6 is 27.5 Å². The Bertz CT molecular complexity index is 562. The van der Waals surface area contributed by atoms with Gasteiger partial charge in [0.2, 0.25) is 0 Å². The molecule has 2 rings (SSSR count). The van der Waals surface area contributed by atoms with Crippen molar-refractivity contribution in [3.8, 4) is 5.75 Å². The molecule has 3 nitrogen and oxygen atoms in total. The molecule has 0 aliphatic carbocycles. The van der Waals surface area contributed by atoms with Crippen molar-refractivity contribution in [1.82, 2.24) is 4.98 Å². The van der Waals surface area contributed by atoms with Gasteiger partial charge in [-0.25, -0.2) is 0 Å². The Morgan fingerprint density at radius 1 is 1.33 bits per heavy atom. The van der Waals surface area contributed by atoms with Crippen LogP contribution in [0.5, 0.6) is 5.75 Å². The molecule has 0 radical (unpaired) electrons. The summed E-state index contributed by atoms with van der Waals surface area (Å²) in [5.41, 5.74) is 7.91. The molecule has 0 spiro atoms. The van der Waals surface area contributed by atoms with E-state index < -0.39 is 0 Å². The van der Waals surface area contributed by atoms with E-state index in [9.17, 15) is 0 Å². The molecule has 0 saturated heterocycles. The zero-order valence-electron chi connectivity index (χ0n) is 9.73. The van der Waals surface area contributed by atoms with Crippen LogP contribution in [0.4, 0.5) is 0 Å². The lowest BCUT2D eigenvalue weighted by Crippen LogP contribution is -2.12. The van der Waals surface area contributed by atoms with E-state index in [4.69, 9.17) is 22.1 Å². The number of nitrogens with two attached hydrogens (primary N) is 1. The monoisotopic (exact) mass is 326 g/mol. The fourth-order valence-corrected chi connectivity index (χ4v) is 2.26. The van der Waals surface area contributed by atoms with Gasteiger partial charge in [0.1, 0.15) is 5.75 Å². The Morgan fingerprint density at radius 3 is 2.83 bits per heavy atom. The zero-order valence-corrected chi connectivity index (χ0v) is 12.1. The number of aromatic nitrogens is 1. The van der Waals surface area contributed by atoms with Crippen LogP contribution in [0.2, 0.25) is 5.02 Å². The van der Waals surface area contributed by atoms with Crippen LogP contribution in [-0.2, 0) is 0 Å². The van der Waals surface area contributed by atoms with Gasteiger partial charge in [0, 0.05) is 15.7 Å². The van der Waals surface area contributed by atoms with E-state index >= 15 is 0 Å². The highest BCUT2D eigenvalue weighted by atomic mass is 79.9. The number of benzene rings is 1. The third-order valence-electron chi connectivity index (χ3n) is 2.62. The highest BCUT2D eigenvalue weighted by Gasteiger charge is 2.14. The third-order valence-corrected chi connectivity index (χ3v) is 3.46. The van der Waals surface area contributed by atoms with Crippen molar-refractivity contribution < 1.29 is 4.74 Å². The van der Waals surface area contributed by atoms with Gasteiger partial charge in [0.05, 0.1) is 19.3 Å². The molecule has 94 valence electrons. The number of methoxy groups -OCH3 is 1. The summed E-state index contributed by atoms with van der Waals surface area (Å²) in [6.07, 6.45) is 3.35. The molecule has 0 fully saturated rings. The molecule has 1 aromatic carbocycles. The van der Waals surface area contributed by atoms with Crippen LogP contribution in [0.25, 0.3) is 0 Å². The van der Waals surface area contributed by atoms with E-state index in [0.717, 1.165) is 15.6 Å². The normalized spacial score (nSPS) is 12.2. The summed E-state index contributed by atoms with van der Waals surface area (Å²) in [5.74, 6) is 0.675. The molecule has 0 aliphatic rings. The Labute approximate surface area is 119 Å². The molecule has 1 heterocycles. The van der Waals surface area contributed by atoms with Gasteiger partial charge >= 0.3 is 0 Å². The molecule has 0 bridgehead atoms. The predicted octanol–water partition coefficient (Wildman–Crippen LogP) is 3.55. The standard InChI is InChI=1S/C13H12BrClN2O/c1-18-10-4-8(6-17-7-10)13(16)11-5-9(14)2-3-12(11)15/h2-7,13H,16H2,1H3. The maximum absolute atomic E-state index is 6.21. The minimum absolute atomic E-state index is 0.336. The van der Waals surface area contributed by atoms with Crippen LogP contribution in [0.1, 0.15) is 17.2 Å². The Balaban J connectivity index is 2.40. The number of halogens is 2. The Hall–Kier alpha value is -1.10. The molecular formula is C13H12BrClN2O. The average Bonchev–Trinajstić information content (AvgIpc) is 2.41. The summed E-state index contributed by atoms with van der Waals surface area (Å²) in [6, 6.07) is 7.12. The van der Waals surface area contributed by atoms with Crippen molar-refractivity contribution in [3.63, 3.8) is 0 Å². The van der Waals surface area contributed by atoms with Gasteiger partial charge in [-0.2, -0.15) is 0 Å². The topological polar surface area (TPSA) is 48.1 Å². The van der Waals surface area contributed by atoms with Crippen LogP contribution in [0.15, 0.2) is 41.1 Å². The summed E-state index contributed by atoms with van der Waals surface area (Å²) in [6.45, 7) is 0. The van der Waals surface area contributed by atoms with Crippen molar-refractivity contribution in [1.29, 1.82) is 0 Å². The lowest BCUT2D eigenvalue weighted by atomic mass is 10.0. The van der Waals surface area contributed by atoms with Crippen molar-refractivity contribution in [3.05, 3.63) is 57.3 Å². The number of rotatable bonds is 3. The maximum atomic E-state index is 6.21. The highest BCUT2D eigenvalue weighted by Crippen LogP contribution is 2.29. The molecule has 1 unspecified atom stereocenters. The first-order chi connectivity index (χ1) is 8.61. The molecule has 5 heteroatoms. The largest absolute Gasteiger partial charge is 0.495 e. The maximum Gasteiger partial charge on any atom is 0.137 e. The second-order valence-corrected chi connectivity index (χ2v) is 5.12. The summed E-state index contributed by atoms with van der Waals surface area (Å²) in [5, 5.41) is 0.633. The van der Waals surface area contributed by atoms with Crippen LogP contribution in [0, 0.1) is 0 Å². The van der Waals surface area contributed by atoms with Crippen LogP contribution in [0.3, 0.4) is 0 Å². The van der Waals surface area contributed by atoms with Crippen molar-refractivity contribution in [2.24, 2.45) is 5.73 Å². The van der Waals surface area contributed by atoms with Gasteiger partial charge in [-0.3, -0.25) is 4.98 Å². The number of ether oxygens (including phenoxy) is 1. The lowest BCUT2D eigenvalue weighted by molar-refractivity contribution is 0.412. The van der Waals surface area contributed by atoms with E-state index in [-0.39, 0.29) is 6.04 Å². The molecule has 2 N–H and O–H groups in total. The van der Waals surface area contributed by atoms with Gasteiger partial charge in [0.15, 0.2) is 0 Å². The average molecular weight is 328 g/mol. The Kier molecular flexibility index (Phi) is 4.22. The molecule has 1 atom stereocenters. The molecule has 0 amide bonds. The number of hydrogen-bond acceptors (Lipinski definition) is 3. The summed E-state index contributed by atoms with van der Waals surface area (Å²) < 4.78 is 6.07. The van der Waals surface area contributed by atoms with Crippen molar-refractivity contribution in [2.45, 2.75) is 6.04 Å². The van der Waals surface area contributed by atoms with E-state index in [2.05, 4.69) is 20.9 Å². The smallest absolute Gasteiger partial charge is 0.137 e. The molecule has 2 aromatic rings. The van der Waals surface area contributed by atoms with Gasteiger partial charge in [-0.05, 0) is 35.4 Å². The van der Waals surface area contributed by atoms with Crippen LogP contribution in [-0.4, -0.2) is 12.1 Å². The van der Waals surface area contributed by atoms with Gasteiger partial charge in [-0.1, -0.05) is 27.5 Å². The molecule has 0 saturated carbocycles. The van der Waals surface area contributed by atoms with Crippen molar-refractivity contribution in [2.75, 3.05) is 7.11 Å². The second-order valence-electron chi connectivity index (χ2n) is 3.80. The summed E-state index contributed by atoms with van der Waals surface area (Å²) in [4.78, 5) is 4.09. The first-order valence-electron chi connectivity index (χ1n) is 5.31. The molecule has 0 aliphatic heterocycles. The zero-order chi connectivity index (χ0) is 13.1. The second kappa shape index (κ2) is 5.69. The van der Waals surface area contributed by atoms with E-state index in [1.54, 1.807) is 19.5 Å². The van der Waals surface area contributed by atoms with E-state index in [1.165, 1.54) is 0 Å². The van der Waals surface area contributed by atoms with Gasteiger partial charge in [0.25, 0.3) is 0 Å². The predicted molar refractivity (Wildman–Crippen MR) is 76.0 cm³/mol. The number of hydrogen-bond donors (Lipinski definition) is 1. The lowest BCUT2D eigenvalue weighted by Gasteiger charge is -2.15. The van der Waals surface area contributed by atoms with Crippen molar-refractivity contribution >= 4 is 27.5 Å². The fourth-order valence-electron chi connectivity index (χ4n) is 1.65. The minimum atomic E-state index is -0.336.